The summed E-state index contributed by atoms with van der Waals surface area (Å²) in [5.74, 6) is 0.945. The van der Waals surface area contributed by atoms with Gasteiger partial charge in [-0.3, -0.25) is 10.4 Å². The van der Waals surface area contributed by atoms with E-state index in [-0.39, 0.29) is 17.3 Å². The van der Waals surface area contributed by atoms with Crippen LogP contribution in [-0.4, -0.2) is 28.3 Å². The molecular formula is C23H19Cl3N6O. The second-order valence-electron chi connectivity index (χ2n) is 7.65. The Balaban J connectivity index is 1.62. The van der Waals surface area contributed by atoms with E-state index in [1.165, 1.54) is 18.5 Å². The van der Waals surface area contributed by atoms with Gasteiger partial charge in [0.1, 0.15) is 24.2 Å². The van der Waals surface area contributed by atoms with Gasteiger partial charge in [-0.1, -0.05) is 34.8 Å². The third kappa shape index (κ3) is 4.55. The van der Waals surface area contributed by atoms with Crippen molar-refractivity contribution in [2.45, 2.75) is 26.0 Å². The molecule has 10 heteroatoms. The zero-order valence-corrected chi connectivity index (χ0v) is 19.8. The van der Waals surface area contributed by atoms with Crippen LogP contribution >= 0.6 is 34.8 Å². The molecule has 7 nitrogen and oxygen atoms in total. The Hall–Kier alpha value is -3.05. The molecule has 0 bridgehead atoms. The second kappa shape index (κ2) is 9.44. The van der Waals surface area contributed by atoms with E-state index in [9.17, 15) is 5.26 Å². The molecule has 3 heterocycles. The number of nitriles is 1. The predicted octanol–water partition coefficient (Wildman–Crippen LogP) is 5.48. The summed E-state index contributed by atoms with van der Waals surface area (Å²) < 4.78 is 5.84. The number of halogens is 3. The summed E-state index contributed by atoms with van der Waals surface area (Å²) in [5, 5.41) is 19.4. The van der Waals surface area contributed by atoms with Crippen molar-refractivity contribution in [1.82, 2.24) is 9.97 Å². The lowest BCUT2D eigenvalue weighted by Gasteiger charge is -2.40. The van der Waals surface area contributed by atoms with Gasteiger partial charge >= 0.3 is 0 Å². The summed E-state index contributed by atoms with van der Waals surface area (Å²) in [4.78, 5) is 10.5. The van der Waals surface area contributed by atoms with Crippen LogP contribution in [0.1, 0.15) is 35.6 Å². The molecule has 0 spiro atoms. The minimum absolute atomic E-state index is 0.0550. The Morgan fingerprint density at radius 1 is 1.21 bits per heavy atom. The Morgan fingerprint density at radius 2 is 1.94 bits per heavy atom. The maximum atomic E-state index is 9.63. The van der Waals surface area contributed by atoms with E-state index >= 15 is 0 Å². The molecule has 3 N–H and O–H groups in total. The molecule has 4 rings (SSSR count). The molecule has 2 aromatic heterocycles. The largest absolute Gasteiger partial charge is 0.487 e. The summed E-state index contributed by atoms with van der Waals surface area (Å²) in [6, 6.07) is 7.28. The molecule has 0 radical (unpaired) electrons. The number of anilines is 2. The molecule has 0 saturated carbocycles. The lowest BCUT2D eigenvalue weighted by atomic mass is 9.99. The number of ether oxygens (including phenoxy) is 1. The van der Waals surface area contributed by atoms with Crippen LogP contribution in [0, 0.1) is 16.7 Å². The van der Waals surface area contributed by atoms with Crippen LogP contribution in [-0.2, 0) is 6.61 Å². The van der Waals surface area contributed by atoms with Crippen LogP contribution in [0.5, 0.6) is 5.75 Å². The summed E-state index contributed by atoms with van der Waals surface area (Å²) in [6.45, 7) is 3.00. The molecule has 0 amide bonds. The number of nitrogens with two attached hydrogens (primary N) is 1. The molecule has 1 aromatic carbocycles. The first-order valence-corrected chi connectivity index (χ1v) is 11.2. The topological polar surface area (TPSA) is 112 Å². The third-order valence-corrected chi connectivity index (χ3v) is 6.51. The first-order chi connectivity index (χ1) is 15.8. The normalized spacial score (nSPS) is 15.0. The number of hydrogen-bond donors (Lipinski definition) is 2. The van der Waals surface area contributed by atoms with Gasteiger partial charge in [0, 0.05) is 53.6 Å². The van der Waals surface area contributed by atoms with E-state index in [1.54, 1.807) is 18.3 Å². The van der Waals surface area contributed by atoms with E-state index in [0.29, 0.717) is 55.6 Å². The van der Waals surface area contributed by atoms with Gasteiger partial charge < -0.3 is 15.4 Å². The van der Waals surface area contributed by atoms with Crippen molar-refractivity contribution in [3.63, 3.8) is 0 Å². The van der Waals surface area contributed by atoms with Crippen molar-refractivity contribution in [2.24, 2.45) is 0 Å². The average molecular weight is 502 g/mol. The zero-order valence-electron chi connectivity index (χ0n) is 17.6. The van der Waals surface area contributed by atoms with Gasteiger partial charge in [-0.05, 0) is 31.5 Å². The maximum absolute atomic E-state index is 9.63. The van der Waals surface area contributed by atoms with E-state index in [0.717, 1.165) is 13.0 Å². The quantitative estimate of drug-likeness (QED) is 0.341. The maximum Gasteiger partial charge on any atom is 0.146 e. The van der Waals surface area contributed by atoms with Gasteiger partial charge in [-0.2, -0.15) is 5.26 Å². The standard InChI is InChI=1S/C23H19Cl3N6O/c1-12-2-3-32(12)23-13(7-27)4-14(8-31-23)22(29)15-5-21(17(24)6-20(15)28)33-11-16-18(25)9-30-10-19(16)26/h4-6,8-10,12,29H,2-3,11,28H2,1H3. The highest BCUT2D eigenvalue weighted by Crippen LogP contribution is 2.34. The van der Waals surface area contributed by atoms with Crippen LogP contribution in [0.4, 0.5) is 11.5 Å². The number of pyridine rings is 2. The molecule has 1 fully saturated rings. The lowest BCUT2D eigenvalue weighted by Crippen LogP contribution is -2.46. The van der Waals surface area contributed by atoms with Gasteiger partial charge in [0.05, 0.1) is 26.3 Å². The van der Waals surface area contributed by atoms with Crippen LogP contribution in [0.3, 0.4) is 0 Å². The Morgan fingerprint density at radius 3 is 2.55 bits per heavy atom. The third-order valence-electron chi connectivity index (χ3n) is 5.57. The smallest absolute Gasteiger partial charge is 0.146 e. The molecule has 1 aliphatic heterocycles. The Kier molecular flexibility index (Phi) is 6.61. The molecular weight excluding hydrogens is 483 g/mol. The Labute approximate surface area is 206 Å². The van der Waals surface area contributed by atoms with Crippen LogP contribution in [0.2, 0.25) is 15.1 Å². The fourth-order valence-corrected chi connectivity index (χ4v) is 4.21. The number of hydrogen-bond acceptors (Lipinski definition) is 7. The molecule has 33 heavy (non-hydrogen) atoms. The summed E-state index contributed by atoms with van der Waals surface area (Å²) in [7, 11) is 0. The van der Waals surface area contributed by atoms with E-state index < -0.39 is 0 Å². The van der Waals surface area contributed by atoms with Gasteiger partial charge in [-0.15, -0.1) is 0 Å². The molecule has 1 atom stereocenters. The SMILES string of the molecule is CC1CCN1c1ncc(C(=N)c2cc(OCc3c(Cl)cncc3Cl)c(Cl)cc2N)cc1C#N. The van der Waals surface area contributed by atoms with Crippen molar-refractivity contribution < 1.29 is 4.74 Å². The first-order valence-electron chi connectivity index (χ1n) is 10.1. The molecule has 1 unspecified atom stereocenters. The minimum atomic E-state index is 0.0550. The zero-order chi connectivity index (χ0) is 23.7. The number of benzene rings is 1. The minimum Gasteiger partial charge on any atom is -0.487 e. The molecule has 0 aliphatic carbocycles. The summed E-state index contributed by atoms with van der Waals surface area (Å²) >= 11 is 18.6. The number of nitrogens with one attached hydrogen (secondary N) is 1. The second-order valence-corrected chi connectivity index (χ2v) is 8.87. The van der Waals surface area contributed by atoms with Gasteiger partial charge in [0.2, 0.25) is 0 Å². The van der Waals surface area contributed by atoms with Gasteiger partial charge in [0.25, 0.3) is 0 Å². The van der Waals surface area contributed by atoms with Crippen molar-refractivity contribution in [2.75, 3.05) is 17.2 Å². The lowest BCUT2D eigenvalue weighted by molar-refractivity contribution is 0.306. The van der Waals surface area contributed by atoms with Crippen molar-refractivity contribution >= 4 is 52.0 Å². The fourth-order valence-electron chi connectivity index (χ4n) is 3.51. The van der Waals surface area contributed by atoms with Crippen LogP contribution in [0.15, 0.2) is 36.8 Å². The highest BCUT2D eigenvalue weighted by atomic mass is 35.5. The highest BCUT2D eigenvalue weighted by molar-refractivity contribution is 6.35. The molecule has 1 saturated heterocycles. The van der Waals surface area contributed by atoms with Gasteiger partial charge in [-0.25, -0.2) is 4.98 Å². The van der Waals surface area contributed by atoms with E-state index in [2.05, 4.69) is 27.9 Å². The molecule has 168 valence electrons. The summed E-state index contributed by atoms with van der Waals surface area (Å²) in [5.41, 5.74) is 8.40. The highest BCUT2D eigenvalue weighted by Gasteiger charge is 2.27. The number of nitrogen functional groups attached to an aromatic ring is 1. The predicted molar refractivity (Wildman–Crippen MR) is 131 cm³/mol. The van der Waals surface area contributed by atoms with Crippen molar-refractivity contribution in [3.8, 4) is 11.8 Å². The van der Waals surface area contributed by atoms with Crippen molar-refractivity contribution in [1.29, 1.82) is 10.7 Å². The number of rotatable bonds is 6. The average Bonchev–Trinajstić information content (AvgIpc) is 2.78. The van der Waals surface area contributed by atoms with Crippen molar-refractivity contribution in [3.05, 3.63) is 74.1 Å². The summed E-state index contributed by atoms with van der Waals surface area (Å²) in [6.07, 6.45) is 5.59. The molecule has 1 aliphatic rings. The van der Waals surface area contributed by atoms with E-state index in [1.807, 2.05) is 0 Å². The molecule has 3 aromatic rings. The Bertz CT molecular complexity index is 1270. The van der Waals surface area contributed by atoms with Crippen LogP contribution < -0.4 is 15.4 Å². The monoisotopic (exact) mass is 500 g/mol. The number of aromatic nitrogens is 2. The van der Waals surface area contributed by atoms with Gasteiger partial charge in [0.15, 0.2) is 0 Å². The first kappa shape index (κ1) is 23.1. The van der Waals surface area contributed by atoms with E-state index in [4.69, 9.17) is 50.7 Å². The fraction of sp³-hybridized carbons (Fsp3) is 0.217. The number of nitrogens with zero attached hydrogens (tertiary/aromatic N) is 4. The van der Waals surface area contributed by atoms with Crippen LogP contribution in [0.25, 0.3) is 0 Å².